The molecule has 1 atom stereocenters. The first-order valence-corrected chi connectivity index (χ1v) is 12.7. The van der Waals surface area contributed by atoms with Crippen molar-refractivity contribution < 1.29 is 22.6 Å². The number of aromatic nitrogens is 4. The average Bonchev–Trinajstić information content (AvgIpc) is 3.36. The average molecular weight is 518 g/mol. The molecule has 2 saturated heterocycles. The van der Waals surface area contributed by atoms with Gasteiger partial charge in [0.1, 0.15) is 18.0 Å². The number of hydrogen-bond donors (Lipinski definition) is 0. The number of likely N-dealkylation sites (tertiary alicyclic amines) is 1. The summed E-state index contributed by atoms with van der Waals surface area (Å²) in [6.45, 7) is 4.07. The molecule has 1 spiro atoms. The number of alkyl halides is 3. The van der Waals surface area contributed by atoms with Gasteiger partial charge in [-0.1, -0.05) is 12.1 Å². The molecule has 37 heavy (non-hydrogen) atoms. The van der Waals surface area contributed by atoms with Crippen LogP contribution in [0.3, 0.4) is 0 Å². The number of ether oxygens (including phenoxy) is 2. The molecule has 0 N–H and O–H groups in total. The van der Waals surface area contributed by atoms with Crippen LogP contribution in [-0.2, 0) is 0 Å². The molecule has 6 rings (SSSR count). The van der Waals surface area contributed by atoms with Crippen LogP contribution in [-0.4, -0.2) is 83.5 Å². The predicted molar refractivity (Wildman–Crippen MR) is 132 cm³/mol. The summed E-state index contributed by atoms with van der Waals surface area (Å²) >= 11 is 0. The van der Waals surface area contributed by atoms with Crippen LogP contribution >= 0.6 is 0 Å². The molecule has 3 aliphatic rings. The van der Waals surface area contributed by atoms with Gasteiger partial charge in [0.25, 0.3) is 0 Å². The van der Waals surface area contributed by atoms with E-state index in [-0.39, 0.29) is 11.3 Å². The molecule has 0 radical (unpaired) electrons. The number of rotatable bonds is 3. The highest BCUT2D eigenvalue weighted by Gasteiger charge is 2.40. The van der Waals surface area contributed by atoms with Crippen LogP contribution in [0.1, 0.15) is 32.1 Å². The smallest absolute Gasteiger partial charge is 0.486 e. The van der Waals surface area contributed by atoms with Crippen LogP contribution in [0, 0.1) is 0 Å². The summed E-state index contributed by atoms with van der Waals surface area (Å²) < 4.78 is 50.3. The molecule has 2 aromatic heterocycles. The first-order valence-electron chi connectivity index (χ1n) is 12.7. The summed E-state index contributed by atoms with van der Waals surface area (Å²) in [5.41, 5.74) is 1.97. The largest absolute Gasteiger partial charge is 0.573 e. The third kappa shape index (κ3) is 4.30. The van der Waals surface area contributed by atoms with E-state index in [1.165, 1.54) is 31.0 Å². The van der Waals surface area contributed by atoms with Crippen molar-refractivity contribution in [2.24, 2.45) is 0 Å². The van der Waals surface area contributed by atoms with E-state index >= 15 is 0 Å². The summed E-state index contributed by atoms with van der Waals surface area (Å²) in [4.78, 5) is 6.97. The Labute approximate surface area is 212 Å². The van der Waals surface area contributed by atoms with Crippen molar-refractivity contribution in [3.05, 3.63) is 24.3 Å². The molecule has 2 fully saturated rings. The third-order valence-electron chi connectivity index (χ3n) is 8.01. The van der Waals surface area contributed by atoms with Gasteiger partial charge in [0.05, 0.1) is 6.54 Å². The van der Waals surface area contributed by atoms with Crippen molar-refractivity contribution in [3.8, 4) is 22.9 Å². The van der Waals surface area contributed by atoms with Crippen molar-refractivity contribution in [1.29, 1.82) is 0 Å². The monoisotopic (exact) mass is 517 g/mol. The van der Waals surface area contributed by atoms with Crippen molar-refractivity contribution in [1.82, 2.24) is 24.7 Å². The van der Waals surface area contributed by atoms with Gasteiger partial charge in [-0.25, -0.2) is 0 Å². The maximum atomic E-state index is 12.8. The van der Waals surface area contributed by atoms with Gasteiger partial charge >= 0.3 is 6.36 Å². The van der Waals surface area contributed by atoms with Gasteiger partial charge in [-0.05, 0) is 57.8 Å². The van der Waals surface area contributed by atoms with Crippen LogP contribution in [0.25, 0.3) is 17.0 Å². The molecular weight excluding hydrogens is 487 g/mol. The molecular formula is C25H30F3N7O2. The van der Waals surface area contributed by atoms with Crippen molar-refractivity contribution in [3.63, 3.8) is 0 Å². The molecule has 9 nitrogen and oxygen atoms in total. The van der Waals surface area contributed by atoms with E-state index in [1.807, 2.05) is 7.05 Å². The van der Waals surface area contributed by atoms with E-state index in [4.69, 9.17) is 9.84 Å². The van der Waals surface area contributed by atoms with Gasteiger partial charge in [-0.15, -0.1) is 28.5 Å². The molecule has 0 saturated carbocycles. The molecule has 1 unspecified atom stereocenters. The van der Waals surface area contributed by atoms with Crippen molar-refractivity contribution >= 4 is 17.2 Å². The van der Waals surface area contributed by atoms with Crippen molar-refractivity contribution in [2.75, 3.05) is 56.7 Å². The van der Waals surface area contributed by atoms with Crippen molar-refractivity contribution in [2.45, 2.75) is 44.0 Å². The molecule has 0 amide bonds. The van der Waals surface area contributed by atoms with E-state index in [0.717, 1.165) is 56.9 Å². The van der Waals surface area contributed by atoms with Crippen LogP contribution < -0.4 is 19.3 Å². The molecule has 1 aromatic carbocycles. The molecule has 12 heteroatoms. The Bertz CT molecular complexity index is 1310. The summed E-state index contributed by atoms with van der Waals surface area (Å²) in [5, 5.41) is 13.6. The van der Waals surface area contributed by atoms with Gasteiger partial charge < -0.3 is 24.2 Å². The minimum absolute atomic E-state index is 0.238. The molecule has 0 aliphatic carbocycles. The zero-order valence-electron chi connectivity index (χ0n) is 21.0. The fraction of sp³-hybridized carbons (Fsp3) is 0.560. The summed E-state index contributed by atoms with van der Waals surface area (Å²) in [5.74, 6) is 1.38. The molecule has 198 valence electrons. The van der Waals surface area contributed by atoms with Gasteiger partial charge in [0, 0.05) is 31.2 Å². The number of benzene rings is 1. The minimum Gasteiger partial charge on any atom is -0.486 e. The Morgan fingerprint density at radius 2 is 1.81 bits per heavy atom. The van der Waals surface area contributed by atoms with E-state index in [1.54, 1.807) is 10.6 Å². The molecule has 0 bridgehead atoms. The van der Waals surface area contributed by atoms with Crippen LogP contribution in [0.4, 0.5) is 24.7 Å². The van der Waals surface area contributed by atoms with Crippen LogP contribution in [0.2, 0.25) is 0 Å². The Morgan fingerprint density at radius 3 is 2.57 bits per heavy atom. The van der Waals surface area contributed by atoms with Gasteiger partial charge in [-0.3, -0.25) is 0 Å². The first kappa shape index (κ1) is 24.1. The first-order chi connectivity index (χ1) is 17.7. The Kier molecular flexibility index (Phi) is 5.81. The predicted octanol–water partition coefficient (Wildman–Crippen LogP) is 3.97. The van der Waals surface area contributed by atoms with Crippen LogP contribution in [0.5, 0.6) is 11.5 Å². The fourth-order valence-corrected chi connectivity index (χ4v) is 6.06. The Hall–Kier alpha value is -3.28. The van der Waals surface area contributed by atoms with Gasteiger partial charge in [0.15, 0.2) is 17.4 Å². The quantitative estimate of drug-likeness (QED) is 0.517. The second-order valence-corrected chi connectivity index (χ2v) is 10.2. The van der Waals surface area contributed by atoms with E-state index in [2.05, 4.69) is 36.7 Å². The summed E-state index contributed by atoms with van der Waals surface area (Å²) in [7, 11) is 4.25. The van der Waals surface area contributed by atoms with Gasteiger partial charge in [-0.2, -0.15) is 4.52 Å². The topological polar surface area (TPSA) is 71.3 Å². The number of fused-ring (bicyclic) bond motifs is 3. The standard InChI is InChI=1S/C25H30F3N7O2/c1-32-14-15-36-20-19(32)22(34-12-5-9-24(10-13-34)8-4-11-33(24)2)31-35-21(29-30-23(20)35)17-6-3-7-18(16-17)37-25(26,27)28/h3,6-7,16H,4-5,8-15H2,1-2H3. The maximum absolute atomic E-state index is 12.8. The second-order valence-electron chi connectivity index (χ2n) is 10.2. The Balaban J connectivity index is 1.43. The maximum Gasteiger partial charge on any atom is 0.573 e. The third-order valence-corrected chi connectivity index (χ3v) is 8.01. The fourth-order valence-electron chi connectivity index (χ4n) is 6.06. The highest BCUT2D eigenvalue weighted by molar-refractivity contribution is 5.82. The summed E-state index contributed by atoms with van der Waals surface area (Å²) in [6.07, 6.45) is 0.918. The SMILES string of the molecule is CN1CCOc2c1c(N1CCCC3(CCCN3C)CC1)nn1c(-c3cccc(OC(F)(F)F)c3)nnc21. The number of nitrogens with zero attached hydrogens (tertiary/aromatic N) is 7. The molecule has 3 aromatic rings. The van der Waals surface area contributed by atoms with Gasteiger partial charge in [0.2, 0.25) is 5.65 Å². The second kappa shape index (κ2) is 8.93. The zero-order valence-corrected chi connectivity index (χ0v) is 21.0. The lowest BCUT2D eigenvalue weighted by Crippen LogP contribution is -2.42. The lowest BCUT2D eigenvalue weighted by atomic mass is 9.88. The molecule has 3 aliphatic heterocycles. The highest BCUT2D eigenvalue weighted by Crippen LogP contribution is 2.44. The number of halogens is 3. The lowest BCUT2D eigenvalue weighted by molar-refractivity contribution is -0.274. The number of likely N-dealkylation sites (N-methyl/N-ethyl adjacent to an activating group) is 1. The minimum atomic E-state index is -4.79. The normalized spacial score (nSPS) is 22.8. The van der Waals surface area contributed by atoms with E-state index < -0.39 is 6.36 Å². The highest BCUT2D eigenvalue weighted by atomic mass is 19.4. The van der Waals surface area contributed by atoms with Crippen LogP contribution in [0.15, 0.2) is 24.3 Å². The zero-order chi connectivity index (χ0) is 25.8. The lowest BCUT2D eigenvalue weighted by Gasteiger charge is -2.36. The Morgan fingerprint density at radius 1 is 1.00 bits per heavy atom. The van der Waals surface area contributed by atoms with E-state index in [0.29, 0.717) is 29.4 Å². The molecule has 5 heterocycles. The number of hydrogen-bond acceptors (Lipinski definition) is 8. The summed E-state index contributed by atoms with van der Waals surface area (Å²) in [6, 6.07) is 5.71. The number of anilines is 2. The van der Waals surface area contributed by atoms with E-state index in [9.17, 15) is 13.2 Å².